The van der Waals surface area contributed by atoms with E-state index in [4.69, 9.17) is 33.7 Å². The fourth-order valence-electron chi connectivity index (χ4n) is 1.69. The third-order valence-corrected chi connectivity index (χ3v) is 3.39. The molecular weight excluding hydrogens is 353 g/mol. The first-order valence-electron chi connectivity index (χ1n) is 6.75. The van der Waals surface area contributed by atoms with Gasteiger partial charge in [0.25, 0.3) is 11.8 Å². The largest absolute Gasteiger partial charge is 0.484 e. The van der Waals surface area contributed by atoms with Gasteiger partial charge in [-0.25, -0.2) is 5.43 Å². The maximum Gasteiger partial charge on any atom is 0.271 e. The van der Waals surface area contributed by atoms with Gasteiger partial charge in [-0.3, -0.25) is 9.59 Å². The number of carbonyl (C=O) groups excluding carboxylic acids is 2. The lowest BCUT2D eigenvalue weighted by atomic mass is 10.2. The molecule has 2 rings (SSSR count). The van der Waals surface area contributed by atoms with Crippen molar-refractivity contribution in [3.05, 3.63) is 63.6 Å². The van der Waals surface area contributed by atoms with Crippen molar-refractivity contribution in [1.29, 1.82) is 0 Å². The lowest BCUT2D eigenvalue weighted by Gasteiger charge is -2.04. The monoisotopic (exact) mass is 365 g/mol. The van der Waals surface area contributed by atoms with Gasteiger partial charge >= 0.3 is 0 Å². The Labute approximate surface area is 148 Å². The predicted molar refractivity (Wildman–Crippen MR) is 92.7 cm³/mol. The quantitative estimate of drug-likeness (QED) is 0.608. The first-order chi connectivity index (χ1) is 11.5. The van der Waals surface area contributed by atoms with Crippen LogP contribution in [0.2, 0.25) is 10.0 Å². The zero-order valence-corrected chi connectivity index (χ0v) is 13.8. The van der Waals surface area contributed by atoms with Gasteiger partial charge in [-0.1, -0.05) is 29.3 Å². The molecule has 0 saturated carbocycles. The molecule has 0 spiro atoms. The molecule has 2 amide bonds. The van der Waals surface area contributed by atoms with Crippen molar-refractivity contribution < 1.29 is 14.3 Å². The van der Waals surface area contributed by atoms with Gasteiger partial charge in [0.15, 0.2) is 6.61 Å². The summed E-state index contributed by atoms with van der Waals surface area (Å²) in [5.74, 6) is -0.549. The Bertz CT molecular complexity index is 777. The van der Waals surface area contributed by atoms with Gasteiger partial charge in [0.05, 0.1) is 11.2 Å². The number of hydrogen-bond donors (Lipinski definition) is 2. The molecule has 0 heterocycles. The average Bonchev–Trinajstić information content (AvgIpc) is 2.55. The minimum Gasteiger partial charge on any atom is -0.484 e. The van der Waals surface area contributed by atoms with Crippen LogP contribution < -0.4 is 15.9 Å². The third kappa shape index (κ3) is 5.26. The van der Waals surface area contributed by atoms with Crippen LogP contribution in [0.3, 0.4) is 0 Å². The molecule has 6 nitrogen and oxygen atoms in total. The number of benzene rings is 2. The SMILES string of the molecule is NC(=O)COc1ccc(C(=O)NN=Cc2ccc(Cl)cc2Cl)cc1. The van der Waals surface area contributed by atoms with Crippen molar-refractivity contribution in [1.82, 2.24) is 5.43 Å². The predicted octanol–water partition coefficient (Wildman–Crippen LogP) is 2.62. The van der Waals surface area contributed by atoms with Gasteiger partial charge in [0, 0.05) is 16.1 Å². The van der Waals surface area contributed by atoms with E-state index < -0.39 is 11.8 Å². The fraction of sp³-hybridized carbons (Fsp3) is 0.0625. The summed E-state index contributed by atoms with van der Waals surface area (Å²) in [7, 11) is 0. The molecular formula is C16H13Cl2N3O3. The number of hydrogen-bond acceptors (Lipinski definition) is 4. The van der Waals surface area contributed by atoms with Gasteiger partial charge in [0.2, 0.25) is 0 Å². The molecule has 2 aromatic carbocycles. The summed E-state index contributed by atoms with van der Waals surface area (Å²) in [5, 5.41) is 4.79. The number of carbonyl (C=O) groups is 2. The van der Waals surface area contributed by atoms with Gasteiger partial charge in [-0.05, 0) is 36.4 Å². The Kier molecular flexibility index (Phi) is 6.17. The molecule has 0 aliphatic heterocycles. The molecule has 0 saturated heterocycles. The highest BCUT2D eigenvalue weighted by Crippen LogP contribution is 2.19. The number of amides is 2. The molecule has 3 N–H and O–H groups in total. The van der Waals surface area contributed by atoms with Crippen molar-refractivity contribution in [2.45, 2.75) is 0 Å². The summed E-state index contributed by atoms with van der Waals surface area (Å²) in [6, 6.07) is 11.1. The number of nitrogens with zero attached hydrogens (tertiary/aromatic N) is 1. The topological polar surface area (TPSA) is 93.8 Å². The molecule has 0 atom stereocenters. The van der Waals surface area contributed by atoms with E-state index in [-0.39, 0.29) is 6.61 Å². The first kappa shape index (κ1) is 17.8. The van der Waals surface area contributed by atoms with Gasteiger partial charge in [0.1, 0.15) is 5.75 Å². The second-order valence-corrected chi connectivity index (χ2v) is 5.49. The number of halogens is 2. The number of primary amides is 1. The molecule has 0 radical (unpaired) electrons. The Balaban J connectivity index is 1.94. The maximum absolute atomic E-state index is 12.0. The second-order valence-electron chi connectivity index (χ2n) is 4.64. The first-order valence-corrected chi connectivity index (χ1v) is 7.51. The standard InChI is InChI=1S/C16H13Cl2N3O3/c17-12-4-1-11(14(18)7-12)8-20-21-16(23)10-2-5-13(6-3-10)24-9-15(19)22/h1-8H,9H2,(H2,19,22)(H,21,23). The van der Waals surface area contributed by atoms with Crippen LogP contribution in [0.25, 0.3) is 0 Å². The number of rotatable bonds is 6. The minimum atomic E-state index is -0.577. The highest BCUT2D eigenvalue weighted by atomic mass is 35.5. The normalized spacial score (nSPS) is 10.6. The zero-order chi connectivity index (χ0) is 17.5. The third-order valence-electron chi connectivity index (χ3n) is 2.83. The molecule has 0 fully saturated rings. The summed E-state index contributed by atoms with van der Waals surface area (Å²) in [5.41, 5.74) is 8.36. The van der Waals surface area contributed by atoms with Crippen LogP contribution in [0.15, 0.2) is 47.6 Å². The van der Waals surface area contributed by atoms with Crippen molar-refractivity contribution in [3.63, 3.8) is 0 Å². The molecule has 124 valence electrons. The van der Waals surface area contributed by atoms with Crippen molar-refractivity contribution in [3.8, 4) is 5.75 Å². The van der Waals surface area contributed by atoms with E-state index in [1.165, 1.54) is 18.3 Å². The van der Waals surface area contributed by atoms with E-state index in [1.54, 1.807) is 30.3 Å². The Hall–Kier alpha value is -2.57. The number of hydrazone groups is 1. The molecule has 8 heteroatoms. The summed E-state index contributed by atoms with van der Waals surface area (Å²) >= 11 is 11.8. The van der Waals surface area contributed by atoms with E-state index in [0.29, 0.717) is 26.9 Å². The molecule has 2 aromatic rings. The number of ether oxygens (including phenoxy) is 1. The highest BCUT2D eigenvalue weighted by molar-refractivity contribution is 6.36. The second kappa shape index (κ2) is 8.33. The fourth-order valence-corrected chi connectivity index (χ4v) is 2.15. The van der Waals surface area contributed by atoms with Crippen LogP contribution in [0, 0.1) is 0 Å². The minimum absolute atomic E-state index is 0.225. The van der Waals surface area contributed by atoms with Crippen LogP contribution in [0.5, 0.6) is 5.75 Å². The molecule has 24 heavy (non-hydrogen) atoms. The summed E-state index contributed by atoms with van der Waals surface area (Å²) in [6.45, 7) is -0.225. The Morgan fingerprint density at radius 2 is 1.88 bits per heavy atom. The molecule has 0 aromatic heterocycles. The molecule has 0 unspecified atom stereocenters. The highest BCUT2D eigenvalue weighted by Gasteiger charge is 2.05. The van der Waals surface area contributed by atoms with Gasteiger partial charge in [-0.2, -0.15) is 5.10 Å². The lowest BCUT2D eigenvalue weighted by molar-refractivity contribution is -0.119. The van der Waals surface area contributed by atoms with Crippen LogP contribution in [0.4, 0.5) is 0 Å². The van der Waals surface area contributed by atoms with E-state index >= 15 is 0 Å². The van der Waals surface area contributed by atoms with E-state index in [0.717, 1.165) is 0 Å². The smallest absolute Gasteiger partial charge is 0.271 e. The summed E-state index contributed by atoms with van der Waals surface area (Å²) < 4.78 is 5.10. The number of nitrogens with one attached hydrogen (secondary N) is 1. The zero-order valence-electron chi connectivity index (χ0n) is 12.3. The number of nitrogens with two attached hydrogens (primary N) is 1. The van der Waals surface area contributed by atoms with Crippen LogP contribution in [0.1, 0.15) is 15.9 Å². The Morgan fingerprint density at radius 3 is 2.50 bits per heavy atom. The summed E-state index contributed by atoms with van der Waals surface area (Å²) in [4.78, 5) is 22.6. The van der Waals surface area contributed by atoms with E-state index in [2.05, 4.69) is 10.5 Å². The molecule has 0 bridgehead atoms. The van der Waals surface area contributed by atoms with Crippen molar-refractivity contribution in [2.75, 3.05) is 6.61 Å². The Morgan fingerprint density at radius 1 is 1.17 bits per heavy atom. The van der Waals surface area contributed by atoms with Crippen molar-refractivity contribution >= 4 is 41.2 Å². The van der Waals surface area contributed by atoms with E-state index in [9.17, 15) is 9.59 Å². The maximum atomic E-state index is 12.0. The average molecular weight is 366 g/mol. The summed E-state index contributed by atoms with van der Waals surface area (Å²) in [6.07, 6.45) is 1.42. The van der Waals surface area contributed by atoms with Gasteiger partial charge < -0.3 is 10.5 Å². The van der Waals surface area contributed by atoms with Gasteiger partial charge in [-0.15, -0.1) is 0 Å². The lowest BCUT2D eigenvalue weighted by Crippen LogP contribution is -2.20. The van der Waals surface area contributed by atoms with Crippen LogP contribution >= 0.6 is 23.2 Å². The molecule has 0 aliphatic rings. The molecule has 0 aliphatic carbocycles. The van der Waals surface area contributed by atoms with Crippen LogP contribution in [-0.4, -0.2) is 24.6 Å². The van der Waals surface area contributed by atoms with E-state index in [1.807, 2.05) is 0 Å². The van der Waals surface area contributed by atoms with Crippen molar-refractivity contribution in [2.24, 2.45) is 10.8 Å². The van der Waals surface area contributed by atoms with Crippen LogP contribution in [-0.2, 0) is 4.79 Å².